The zero-order valence-electron chi connectivity index (χ0n) is 16.5. The van der Waals surface area contributed by atoms with Gasteiger partial charge >= 0.3 is 0 Å². The van der Waals surface area contributed by atoms with Gasteiger partial charge in [-0.3, -0.25) is 4.90 Å². The Morgan fingerprint density at radius 1 is 1.03 bits per heavy atom. The maximum atomic E-state index is 12.9. The van der Waals surface area contributed by atoms with E-state index in [2.05, 4.69) is 15.0 Å². The van der Waals surface area contributed by atoms with Crippen molar-refractivity contribution in [2.75, 3.05) is 26.2 Å². The van der Waals surface area contributed by atoms with E-state index in [1.54, 1.807) is 0 Å². The van der Waals surface area contributed by atoms with Crippen molar-refractivity contribution in [3.63, 3.8) is 0 Å². The Morgan fingerprint density at radius 3 is 2.33 bits per heavy atom. The van der Waals surface area contributed by atoms with E-state index in [0.717, 1.165) is 5.56 Å². The number of sulfonamides is 1. The summed E-state index contributed by atoms with van der Waals surface area (Å²) in [6, 6.07) is 17.5. The predicted molar refractivity (Wildman–Crippen MR) is 110 cm³/mol. The molecule has 154 valence electrons. The van der Waals surface area contributed by atoms with Gasteiger partial charge in [0, 0.05) is 31.7 Å². The van der Waals surface area contributed by atoms with Crippen LogP contribution in [-0.4, -0.2) is 53.9 Å². The van der Waals surface area contributed by atoms with E-state index in [9.17, 15) is 8.42 Å². The van der Waals surface area contributed by atoms with Crippen molar-refractivity contribution in [3.05, 3.63) is 66.1 Å². The van der Waals surface area contributed by atoms with Gasteiger partial charge in [-0.25, -0.2) is 8.42 Å². The number of rotatable bonds is 5. The number of piperazine rings is 1. The molecule has 4 rings (SSSR count). The summed E-state index contributed by atoms with van der Waals surface area (Å²) in [5.41, 5.74) is 1.32. The molecule has 0 radical (unpaired) electrons. The van der Waals surface area contributed by atoms with Crippen molar-refractivity contribution in [1.29, 1.82) is 5.26 Å². The van der Waals surface area contributed by atoms with Crippen molar-refractivity contribution < 1.29 is 12.9 Å². The van der Waals surface area contributed by atoms with Crippen LogP contribution >= 0.6 is 0 Å². The van der Waals surface area contributed by atoms with Crippen LogP contribution < -0.4 is 0 Å². The SMILES string of the molecule is CC(c1nc(-c2ccccc2)no1)N1CCN(S(=O)(=O)c2ccc(C#N)cc2)CC1. The van der Waals surface area contributed by atoms with E-state index in [4.69, 9.17) is 9.78 Å². The lowest BCUT2D eigenvalue weighted by Crippen LogP contribution is -2.49. The van der Waals surface area contributed by atoms with Gasteiger partial charge in [-0.05, 0) is 31.2 Å². The van der Waals surface area contributed by atoms with Gasteiger partial charge in [0.2, 0.25) is 21.7 Å². The van der Waals surface area contributed by atoms with Crippen LogP contribution in [0.15, 0.2) is 64.0 Å². The number of nitrogens with zero attached hydrogens (tertiary/aromatic N) is 5. The number of aromatic nitrogens is 2. The Kier molecular flexibility index (Phi) is 5.63. The highest BCUT2D eigenvalue weighted by Gasteiger charge is 2.31. The molecule has 1 unspecified atom stereocenters. The average molecular weight is 423 g/mol. The predicted octanol–water partition coefficient (Wildman–Crippen LogP) is 2.68. The third-order valence-corrected chi connectivity index (χ3v) is 7.19. The Balaban J connectivity index is 1.41. The summed E-state index contributed by atoms with van der Waals surface area (Å²) in [6.45, 7) is 3.82. The van der Waals surface area contributed by atoms with Crippen LogP contribution in [0, 0.1) is 11.3 Å². The van der Waals surface area contributed by atoms with E-state index in [1.807, 2.05) is 43.3 Å². The van der Waals surface area contributed by atoms with E-state index in [1.165, 1.54) is 28.6 Å². The number of hydrogen-bond acceptors (Lipinski definition) is 7. The van der Waals surface area contributed by atoms with E-state index < -0.39 is 10.0 Å². The third-order valence-electron chi connectivity index (χ3n) is 5.27. The van der Waals surface area contributed by atoms with Gasteiger partial charge in [0.25, 0.3) is 0 Å². The Bertz CT molecular complexity index is 1150. The zero-order valence-corrected chi connectivity index (χ0v) is 17.3. The highest BCUT2D eigenvalue weighted by molar-refractivity contribution is 7.89. The van der Waals surface area contributed by atoms with Gasteiger partial charge in [-0.15, -0.1) is 0 Å². The summed E-state index contributed by atoms with van der Waals surface area (Å²) < 4.78 is 32.7. The van der Waals surface area contributed by atoms with Gasteiger partial charge in [0.15, 0.2) is 0 Å². The average Bonchev–Trinajstić information content (AvgIpc) is 3.30. The van der Waals surface area contributed by atoms with Crippen LogP contribution in [0.4, 0.5) is 0 Å². The summed E-state index contributed by atoms with van der Waals surface area (Å²) in [7, 11) is -3.59. The maximum Gasteiger partial charge on any atom is 0.244 e. The molecule has 1 fully saturated rings. The first-order valence-electron chi connectivity index (χ1n) is 9.62. The van der Waals surface area contributed by atoms with Gasteiger partial charge in [0.05, 0.1) is 22.6 Å². The molecule has 2 aromatic carbocycles. The quantitative estimate of drug-likeness (QED) is 0.621. The summed E-state index contributed by atoms with van der Waals surface area (Å²) in [4.78, 5) is 6.84. The topological polar surface area (TPSA) is 103 Å². The van der Waals surface area contributed by atoms with Gasteiger partial charge < -0.3 is 4.52 Å². The second-order valence-corrected chi connectivity index (χ2v) is 9.01. The van der Waals surface area contributed by atoms with Crippen molar-refractivity contribution in [2.24, 2.45) is 0 Å². The van der Waals surface area contributed by atoms with Crippen molar-refractivity contribution >= 4 is 10.0 Å². The van der Waals surface area contributed by atoms with Crippen LogP contribution in [0.25, 0.3) is 11.4 Å². The molecular formula is C21H21N5O3S. The molecule has 8 nitrogen and oxygen atoms in total. The summed E-state index contributed by atoms with van der Waals surface area (Å²) >= 11 is 0. The van der Waals surface area contributed by atoms with Crippen LogP contribution in [0.1, 0.15) is 24.4 Å². The lowest BCUT2D eigenvalue weighted by molar-refractivity contribution is 0.124. The molecular weight excluding hydrogens is 402 g/mol. The Hall–Kier alpha value is -3.06. The summed E-state index contributed by atoms with van der Waals surface area (Å²) in [6.07, 6.45) is 0. The fourth-order valence-electron chi connectivity index (χ4n) is 3.45. The van der Waals surface area contributed by atoms with Gasteiger partial charge in [-0.1, -0.05) is 35.5 Å². The first-order valence-corrected chi connectivity index (χ1v) is 11.1. The van der Waals surface area contributed by atoms with Gasteiger partial charge in [-0.2, -0.15) is 14.6 Å². The minimum atomic E-state index is -3.59. The smallest absolute Gasteiger partial charge is 0.244 e. The van der Waals surface area contributed by atoms with Gasteiger partial charge in [0.1, 0.15) is 0 Å². The molecule has 0 aliphatic carbocycles. The third kappa shape index (κ3) is 3.98. The lowest BCUT2D eigenvalue weighted by atomic mass is 10.2. The molecule has 2 heterocycles. The molecule has 0 bridgehead atoms. The van der Waals surface area contributed by atoms with Crippen molar-refractivity contribution in [2.45, 2.75) is 17.9 Å². The number of nitriles is 1. The minimum Gasteiger partial charge on any atom is -0.337 e. The van der Waals surface area contributed by atoms with Crippen LogP contribution in [0.2, 0.25) is 0 Å². The number of benzene rings is 2. The van der Waals surface area contributed by atoms with E-state index in [0.29, 0.717) is 43.5 Å². The molecule has 30 heavy (non-hydrogen) atoms. The molecule has 1 saturated heterocycles. The molecule has 1 aliphatic rings. The van der Waals surface area contributed by atoms with Crippen molar-refractivity contribution in [3.8, 4) is 17.5 Å². The number of hydrogen-bond donors (Lipinski definition) is 0. The molecule has 0 saturated carbocycles. The lowest BCUT2D eigenvalue weighted by Gasteiger charge is -2.36. The summed E-state index contributed by atoms with van der Waals surface area (Å²) in [5, 5.41) is 13.0. The Labute approximate surface area is 175 Å². The highest BCUT2D eigenvalue weighted by atomic mass is 32.2. The molecule has 0 N–H and O–H groups in total. The second-order valence-electron chi connectivity index (χ2n) is 7.07. The summed E-state index contributed by atoms with van der Waals surface area (Å²) in [5.74, 6) is 1.05. The van der Waals surface area contributed by atoms with Crippen LogP contribution in [0.3, 0.4) is 0 Å². The van der Waals surface area contributed by atoms with Crippen LogP contribution in [0.5, 0.6) is 0 Å². The fraction of sp³-hybridized carbons (Fsp3) is 0.286. The standard InChI is InChI=1S/C21H21N5O3S/c1-16(21-23-20(24-29-21)18-5-3-2-4-6-18)25-11-13-26(14-12-25)30(27,28)19-9-7-17(15-22)8-10-19/h2-10,16H,11-14H2,1H3. The normalized spacial score (nSPS) is 16.8. The molecule has 3 aromatic rings. The maximum absolute atomic E-state index is 12.9. The molecule has 0 spiro atoms. The molecule has 1 aromatic heterocycles. The first-order chi connectivity index (χ1) is 14.5. The molecule has 9 heteroatoms. The highest BCUT2D eigenvalue weighted by Crippen LogP contribution is 2.25. The van der Waals surface area contributed by atoms with Crippen molar-refractivity contribution in [1.82, 2.24) is 19.3 Å². The fourth-order valence-corrected chi connectivity index (χ4v) is 4.87. The molecule has 1 aliphatic heterocycles. The first kappa shape index (κ1) is 20.2. The largest absolute Gasteiger partial charge is 0.337 e. The van der Waals surface area contributed by atoms with E-state index in [-0.39, 0.29) is 10.9 Å². The zero-order chi connectivity index (χ0) is 21.1. The minimum absolute atomic E-state index is 0.116. The molecule has 0 amide bonds. The second kappa shape index (κ2) is 8.36. The van der Waals surface area contributed by atoms with Crippen LogP contribution in [-0.2, 0) is 10.0 Å². The molecule has 1 atom stereocenters. The Morgan fingerprint density at radius 2 is 1.70 bits per heavy atom. The van der Waals surface area contributed by atoms with E-state index >= 15 is 0 Å². The monoisotopic (exact) mass is 423 g/mol.